The van der Waals surface area contributed by atoms with Crippen molar-refractivity contribution >= 4 is 23.8 Å². The van der Waals surface area contributed by atoms with Gasteiger partial charge in [-0.1, -0.05) is 37.3 Å². The van der Waals surface area contributed by atoms with Crippen molar-refractivity contribution in [2.45, 2.75) is 19.0 Å². The Kier molecular flexibility index (Phi) is 6.42. The lowest BCUT2D eigenvalue weighted by Gasteiger charge is -2.21. The topological polar surface area (TPSA) is 102 Å². The Morgan fingerprint density at radius 3 is 2.75 bits per heavy atom. The van der Waals surface area contributed by atoms with Crippen molar-refractivity contribution in [1.82, 2.24) is 10.3 Å². The van der Waals surface area contributed by atoms with E-state index >= 15 is 0 Å². The quantitative estimate of drug-likeness (QED) is 0.475. The van der Waals surface area contributed by atoms with E-state index in [2.05, 4.69) is 20.6 Å². The van der Waals surface area contributed by atoms with Gasteiger partial charge >= 0.3 is 0 Å². The third kappa shape index (κ3) is 4.92. The maximum Gasteiger partial charge on any atom is 0.268 e. The molecule has 32 heavy (non-hydrogen) atoms. The van der Waals surface area contributed by atoms with Crippen molar-refractivity contribution in [3.8, 4) is 0 Å². The molecular formula is C24H24FN5O2. The molecule has 164 valence electrons. The van der Waals surface area contributed by atoms with Gasteiger partial charge in [0, 0.05) is 24.0 Å². The molecule has 4 rings (SSSR count). The molecule has 3 aromatic rings. The number of aromatic nitrogens is 1. The number of nitrogens with zero attached hydrogens (tertiary/aromatic N) is 2. The van der Waals surface area contributed by atoms with Gasteiger partial charge in [0.1, 0.15) is 11.5 Å². The molecule has 7 nitrogen and oxygen atoms in total. The number of guanidine groups is 1. The van der Waals surface area contributed by atoms with Crippen molar-refractivity contribution in [3.05, 3.63) is 89.5 Å². The molecule has 8 heteroatoms. The van der Waals surface area contributed by atoms with Crippen molar-refractivity contribution < 1.29 is 14.3 Å². The first kappa shape index (κ1) is 21.5. The number of aliphatic hydroxyl groups is 1. The number of benzene rings is 2. The number of halogens is 1. The van der Waals surface area contributed by atoms with Gasteiger partial charge in [0.2, 0.25) is 5.96 Å². The molecule has 3 atom stereocenters. The first-order valence-electron chi connectivity index (χ1n) is 10.3. The lowest BCUT2D eigenvalue weighted by molar-refractivity contribution is 0.0911. The number of nitrogens with one attached hydrogen (secondary N) is 3. The molecule has 0 saturated carbocycles. The molecule has 0 fully saturated rings. The van der Waals surface area contributed by atoms with E-state index in [1.807, 2.05) is 43.5 Å². The molecule has 0 bridgehead atoms. The number of para-hydroxylation sites is 1. The summed E-state index contributed by atoms with van der Waals surface area (Å²) in [6.45, 7) is 1.66. The third-order valence-corrected chi connectivity index (χ3v) is 5.25. The van der Waals surface area contributed by atoms with Crippen molar-refractivity contribution in [2.24, 2.45) is 15.9 Å². The third-order valence-electron chi connectivity index (χ3n) is 5.25. The van der Waals surface area contributed by atoms with E-state index < -0.39 is 17.8 Å². The number of hydrogen-bond acceptors (Lipinski definition) is 5. The Balaban J connectivity index is 1.48. The summed E-state index contributed by atoms with van der Waals surface area (Å²) in [5, 5.41) is 15.6. The maximum absolute atomic E-state index is 13.5. The fourth-order valence-corrected chi connectivity index (χ4v) is 3.55. The van der Waals surface area contributed by atoms with Crippen LogP contribution in [0.1, 0.15) is 40.6 Å². The number of aromatic amines is 1. The number of carbonyl (C=O) groups is 1. The summed E-state index contributed by atoms with van der Waals surface area (Å²) in [6, 6.07) is 16.3. The van der Waals surface area contributed by atoms with Crippen LogP contribution in [0.2, 0.25) is 0 Å². The molecule has 1 aliphatic rings. The molecule has 1 aromatic heterocycles. The number of anilines is 1. The molecule has 2 unspecified atom stereocenters. The minimum absolute atomic E-state index is 0.0421. The molecule has 1 aliphatic heterocycles. The number of H-pyrrole nitrogens is 1. The number of aliphatic imine (C=N–C) groups is 2. The summed E-state index contributed by atoms with van der Waals surface area (Å²) in [6.07, 6.45) is 3.58. The monoisotopic (exact) mass is 433 g/mol. The highest BCUT2D eigenvalue weighted by atomic mass is 19.1. The van der Waals surface area contributed by atoms with E-state index in [9.17, 15) is 14.3 Å². The van der Waals surface area contributed by atoms with Gasteiger partial charge < -0.3 is 20.7 Å². The number of rotatable bonds is 6. The molecular weight excluding hydrogens is 409 g/mol. The van der Waals surface area contributed by atoms with Crippen LogP contribution in [0.3, 0.4) is 0 Å². The Hall–Kier alpha value is -3.78. The highest BCUT2D eigenvalue weighted by Crippen LogP contribution is 2.29. The van der Waals surface area contributed by atoms with Crippen molar-refractivity contribution in [3.63, 3.8) is 0 Å². The second kappa shape index (κ2) is 9.57. The largest absolute Gasteiger partial charge is 0.394 e. The zero-order chi connectivity index (χ0) is 22.5. The zero-order valence-corrected chi connectivity index (χ0v) is 17.5. The van der Waals surface area contributed by atoms with E-state index in [1.54, 1.807) is 18.3 Å². The zero-order valence-electron chi connectivity index (χ0n) is 17.5. The average Bonchev–Trinajstić information content (AvgIpc) is 3.29. The summed E-state index contributed by atoms with van der Waals surface area (Å²) in [7, 11) is 0. The Bertz CT molecular complexity index is 1140. The Labute approximate surface area is 185 Å². The fourth-order valence-electron chi connectivity index (χ4n) is 3.55. The van der Waals surface area contributed by atoms with Gasteiger partial charge in [-0.05, 0) is 41.5 Å². The van der Waals surface area contributed by atoms with Crippen molar-refractivity contribution in [1.29, 1.82) is 0 Å². The molecule has 2 aromatic carbocycles. The molecule has 1 amide bonds. The highest BCUT2D eigenvalue weighted by molar-refractivity contribution is 6.00. The predicted molar refractivity (Wildman–Crippen MR) is 122 cm³/mol. The minimum atomic E-state index is -0.717. The van der Waals surface area contributed by atoms with Gasteiger partial charge in [-0.2, -0.15) is 0 Å². The number of amides is 1. The molecule has 2 heterocycles. The van der Waals surface area contributed by atoms with Gasteiger partial charge in [0.05, 0.1) is 18.7 Å². The predicted octanol–water partition coefficient (Wildman–Crippen LogP) is 3.85. The number of hydrogen-bond donors (Lipinski definition) is 4. The minimum Gasteiger partial charge on any atom is -0.394 e. The normalized spacial score (nSPS) is 18.7. The molecule has 0 saturated heterocycles. The second-order valence-corrected chi connectivity index (χ2v) is 7.64. The lowest BCUT2D eigenvalue weighted by atomic mass is 9.97. The van der Waals surface area contributed by atoms with Crippen LogP contribution in [-0.4, -0.2) is 34.8 Å². The van der Waals surface area contributed by atoms with E-state index in [0.717, 1.165) is 11.3 Å². The average molecular weight is 433 g/mol. The summed E-state index contributed by atoms with van der Waals surface area (Å²) >= 11 is 0. The maximum atomic E-state index is 13.5. The van der Waals surface area contributed by atoms with E-state index in [-0.39, 0.29) is 18.6 Å². The van der Waals surface area contributed by atoms with Crippen LogP contribution in [0.5, 0.6) is 0 Å². The first-order valence-corrected chi connectivity index (χ1v) is 10.3. The van der Waals surface area contributed by atoms with Gasteiger partial charge in [0.25, 0.3) is 5.91 Å². The number of carbonyl (C=O) groups excluding carboxylic acids is 1. The van der Waals surface area contributed by atoms with Crippen LogP contribution in [-0.2, 0) is 0 Å². The molecule has 0 aliphatic carbocycles. The summed E-state index contributed by atoms with van der Waals surface area (Å²) in [4.78, 5) is 24.8. The lowest BCUT2D eigenvalue weighted by Crippen LogP contribution is -2.31. The van der Waals surface area contributed by atoms with Crippen molar-refractivity contribution in [2.75, 3.05) is 11.9 Å². The molecule has 4 N–H and O–H groups in total. The van der Waals surface area contributed by atoms with E-state index in [4.69, 9.17) is 4.99 Å². The van der Waals surface area contributed by atoms with E-state index in [0.29, 0.717) is 17.2 Å². The van der Waals surface area contributed by atoms with Gasteiger partial charge in [-0.15, -0.1) is 0 Å². The van der Waals surface area contributed by atoms with Gasteiger partial charge in [-0.3, -0.25) is 4.79 Å². The van der Waals surface area contributed by atoms with Gasteiger partial charge in [-0.25, -0.2) is 14.4 Å². The van der Waals surface area contributed by atoms with Crippen LogP contribution in [0.15, 0.2) is 76.8 Å². The fraction of sp³-hybridized carbons (Fsp3) is 0.208. The highest BCUT2D eigenvalue weighted by Gasteiger charge is 2.24. The molecule has 0 spiro atoms. The smallest absolute Gasteiger partial charge is 0.268 e. The SMILES string of the molecule is CC1C=NC(Nc2ccccc2)=NC1c1c[nH]c(C(=O)N[C@H](CO)c2cccc(F)c2)c1. The first-order chi connectivity index (χ1) is 15.5. The van der Waals surface area contributed by atoms with Crippen LogP contribution in [0, 0.1) is 11.7 Å². The Morgan fingerprint density at radius 2 is 2.00 bits per heavy atom. The Morgan fingerprint density at radius 1 is 1.19 bits per heavy atom. The summed E-state index contributed by atoms with van der Waals surface area (Å²) in [5.74, 6) is -0.287. The second-order valence-electron chi connectivity index (χ2n) is 7.64. The molecule has 0 radical (unpaired) electrons. The number of aliphatic hydroxyl groups excluding tert-OH is 1. The van der Waals surface area contributed by atoms with Gasteiger partial charge in [0.15, 0.2) is 0 Å². The van der Waals surface area contributed by atoms with Crippen LogP contribution >= 0.6 is 0 Å². The summed E-state index contributed by atoms with van der Waals surface area (Å²) in [5.41, 5.74) is 2.55. The summed E-state index contributed by atoms with van der Waals surface area (Å²) < 4.78 is 13.5. The van der Waals surface area contributed by atoms with Crippen LogP contribution in [0.25, 0.3) is 0 Å². The van der Waals surface area contributed by atoms with Crippen LogP contribution in [0.4, 0.5) is 10.1 Å². The van der Waals surface area contributed by atoms with Crippen LogP contribution < -0.4 is 10.6 Å². The standard InChI is InChI=1S/C24H24FN5O2/c1-15-12-27-24(28-19-8-3-2-4-9-19)30-22(15)17-11-20(26-13-17)23(32)29-21(14-31)16-6-5-7-18(25)10-16/h2-13,15,21-22,26,31H,14H2,1H3,(H,28,30)(H,29,32)/t15?,21-,22?/m1/s1. The van der Waals surface area contributed by atoms with E-state index in [1.165, 1.54) is 18.2 Å².